The summed E-state index contributed by atoms with van der Waals surface area (Å²) in [6.07, 6.45) is 13.8. The summed E-state index contributed by atoms with van der Waals surface area (Å²) in [5.74, 6) is 1.23. The van der Waals surface area contributed by atoms with Crippen LogP contribution in [-0.2, 0) is 0 Å². The molecule has 0 saturated carbocycles. The fourth-order valence-corrected chi connectivity index (χ4v) is 4.68. The van der Waals surface area contributed by atoms with Gasteiger partial charge in [0.2, 0.25) is 0 Å². The van der Waals surface area contributed by atoms with Crippen molar-refractivity contribution < 1.29 is 4.39 Å². The second-order valence-electron chi connectivity index (χ2n) is 7.31. The van der Waals surface area contributed by atoms with Gasteiger partial charge in [-0.25, -0.2) is 14.4 Å². The van der Waals surface area contributed by atoms with Crippen LogP contribution in [0.4, 0.5) is 10.2 Å². The molecule has 0 bridgehead atoms. The predicted octanol–water partition coefficient (Wildman–Crippen LogP) is 4.97. The standard InChI is InChI=1S/C21H20ClFN4/c22-15-5-6-19(25-11-15)26-9-7-14(8-10-26)21-20-16(3-1-2-4-17(20)23)18-12-24-13-27(18)21/h2-6,11-14,21H,1,7-10H2. The van der Waals surface area contributed by atoms with Crippen LogP contribution < -0.4 is 4.90 Å². The van der Waals surface area contributed by atoms with Crippen molar-refractivity contribution in [2.45, 2.75) is 25.3 Å². The number of anilines is 1. The minimum absolute atomic E-state index is 0.0248. The molecule has 5 rings (SSSR count). The van der Waals surface area contributed by atoms with Gasteiger partial charge in [-0.3, -0.25) is 0 Å². The quantitative estimate of drug-likeness (QED) is 0.735. The first-order valence-corrected chi connectivity index (χ1v) is 9.75. The Morgan fingerprint density at radius 3 is 2.78 bits per heavy atom. The van der Waals surface area contributed by atoms with Crippen molar-refractivity contribution in [3.8, 4) is 0 Å². The van der Waals surface area contributed by atoms with Crippen LogP contribution in [0.15, 0.2) is 60.5 Å². The van der Waals surface area contributed by atoms with Crippen molar-refractivity contribution in [2.24, 2.45) is 5.92 Å². The smallest absolute Gasteiger partial charge is 0.128 e. The van der Waals surface area contributed by atoms with Gasteiger partial charge in [-0.1, -0.05) is 23.8 Å². The van der Waals surface area contributed by atoms with E-state index in [2.05, 4.69) is 25.5 Å². The number of aromatic nitrogens is 3. The monoisotopic (exact) mass is 382 g/mol. The lowest BCUT2D eigenvalue weighted by Crippen LogP contribution is -2.37. The second kappa shape index (κ2) is 6.64. The fourth-order valence-electron chi connectivity index (χ4n) is 4.57. The Kier molecular flexibility index (Phi) is 4.12. The van der Waals surface area contributed by atoms with E-state index in [1.807, 2.05) is 30.7 Å². The number of pyridine rings is 1. The van der Waals surface area contributed by atoms with Crippen LogP contribution in [0.2, 0.25) is 5.02 Å². The Morgan fingerprint density at radius 2 is 2.00 bits per heavy atom. The van der Waals surface area contributed by atoms with Crippen LogP contribution in [0, 0.1) is 5.92 Å². The summed E-state index contributed by atoms with van der Waals surface area (Å²) in [4.78, 5) is 11.0. The first kappa shape index (κ1) is 16.8. The van der Waals surface area contributed by atoms with Gasteiger partial charge in [0, 0.05) is 30.4 Å². The number of nitrogens with zero attached hydrogens (tertiary/aromatic N) is 4. The zero-order chi connectivity index (χ0) is 18.4. The summed E-state index contributed by atoms with van der Waals surface area (Å²) in [6, 6.07) is 3.86. The van der Waals surface area contributed by atoms with Crippen LogP contribution in [0.3, 0.4) is 0 Å². The largest absolute Gasteiger partial charge is 0.357 e. The van der Waals surface area contributed by atoms with Gasteiger partial charge >= 0.3 is 0 Å². The first-order valence-electron chi connectivity index (χ1n) is 9.38. The molecular formula is C21H20ClFN4. The second-order valence-corrected chi connectivity index (χ2v) is 7.74. The third-order valence-electron chi connectivity index (χ3n) is 5.83. The van der Waals surface area contributed by atoms with E-state index in [1.54, 1.807) is 12.3 Å². The molecule has 1 fully saturated rings. The molecule has 27 heavy (non-hydrogen) atoms. The molecule has 1 aliphatic carbocycles. The van der Waals surface area contributed by atoms with E-state index in [1.165, 1.54) is 0 Å². The molecule has 1 saturated heterocycles. The molecule has 0 spiro atoms. The van der Waals surface area contributed by atoms with E-state index < -0.39 is 0 Å². The Balaban J connectivity index is 1.42. The third kappa shape index (κ3) is 2.81. The number of piperidine rings is 1. The van der Waals surface area contributed by atoms with Crippen molar-refractivity contribution >= 4 is 23.0 Å². The third-order valence-corrected chi connectivity index (χ3v) is 6.05. The molecule has 0 amide bonds. The number of hydrogen-bond acceptors (Lipinski definition) is 3. The number of fused-ring (bicyclic) bond motifs is 3. The molecule has 1 unspecified atom stereocenters. The Bertz CT molecular complexity index is 949. The summed E-state index contributed by atoms with van der Waals surface area (Å²) >= 11 is 5.95. The van der Waals surface area contributed by atoms with E-state index in [9.17, 15) is 4.39 Å². The maximum absolute atomic E-state index is 14.9. The molecule has 1 atom stereocenters. The van der Waals surface area contributed by atoms with Crippen molar-refractivity contribution in [1.82, 2.24) is 14.5 Å². The number of hydrogen-bond donors (Lipinski definition) is 0. The Hall–Kier alpha value is -2.40. The van der Waals surface area contributed by atoms with Crippen LogP contribution in [0.5, 0.6) is 0 Å². The highest BCUT2D eigenvalue weighted by Gasteiger charge is 2.40. The summed E-state index contributed by atoms with van der Waals surface area (Å²) in [5.41, 5.74) is 2.89. The Labute approximate surface area is 162 Å². The molecule has 0 radical (unpaired) electrons. The van der Waals surface area contributed by atoms with Gasteiger partial charge in [0.05, 0.1) is 29.3 Å². The van der Waals surface area contributed by atoms with Crippen LogP contribution in [0.1, 0.15) is 31.0 Å². The molecule has 138 valence electrons. The minimum atomic E-state index is -0.103. The first-order chi connectivity index (χ1) is 13.2. The number of allylic oxidation sites excluding steroid dienone is 6. The number of rotatable bonds is 2. The van der Waals surface area contributed by atoms with Gasteiger partial charge in [0.15, 0.2) is 0 Å². The molecule has 2 aromatic heterocycles. The molecule has 0 aromatic carbocycles. The average Bonchev–Trinajstić information content (AvgIpc) is 3.22. The molecule has 4 nitrogen and oxygen atoms in total. The molecule has 6 heteroatoms. The van der Waals surface area contributed by atoms with E-state index in [0.717, 1.165) is 55.0 Å². The normalized spacial score (nSPS) is 22.5. The molecule has 0 N–H and O–H groups in total. The van der Waals surface area contributed by atoms with Gasteiger partial charge in [0.1, 0.15) is 11.6 Å². The van der Waals surface area contributed by atoms with Crippen LogP contribution >= 0.6 is 11.6 Å². The highest BCUT2D eigenvalue weighted by Crippen LogP contribution is 2.49. The van der Waals surface area contributed by atoms with E-state index in [4.69, 9.17) is 11.6 Å². The molecule has 2 aliphatic heterocycles. The summed E-state index contributed by atoms with van der Waals surface area (Å²) in [6.45, 7) is 1.81. The van der Waals surface area contributed by atoms with E-state index in [-0.39, 0.29) is 11.9 Å². The average molecular weight is 383 g/mol. The van der Waals surface area contributed by atoms with Crippen LogP contribution in [-0.4, -0.2) is 27.6 Å². The fraction of sp³-hybridized carbons (Fsp3) is 0.333. The van der Waals surface area contributed by atoms with Crippen LogP contribution in [0.25, 0.3) is 5.57 Å². The van der Waals surface area contributed by atoms with Crippen molar-refractivity contribution in [1.29, 1.82) is 0 Å². The lowest BCUT2D eigenvalue weighted by molar-refractivity contribution is 0.312. The van der Waals surface area contributed by atoms with Gasteiger partial charge in [-0.15, -0.1) is 0 Å². The van der Waals surface area contributed by atoms with E-state index in [0.29, 0.717) is 10.9 Å². The van der Waals surface area contributed by atoms with Gasteiger partial charge < -0.3 is 9.47 Å². The zero-order valence-corrected chi connectivity index (χ0v) is 15.6. The van der Waals surface area contributed by atoms with Crippen molar-refractivity contribution in [3.63, 3.8) is 0 Å². The number of halogens is 2. The van der Waals surface area contributed by atoms with E-state index >= 15 is 0 Å². The van der Waals surface area contributed by atoms with Crippen molar-refractivity contribution in [3.05, 3.63) is 71.2 Å². The molecular weight excluding hydrogens is 363 g/mol. The summed E-state index contributed by atoms with van der Waals surface area (Å²) in [5, 5.41) is 0.648. The lowest BCUT2D eigenvalue weighted by Gasteiger charge is -2.36. The SMILES string of the molecule is FC1=C2C(=CCC=C1)c1cncn1C2C1CCN(c2ccc(Cl)cn2)CC1. The molecule has 4 heterocycles. The summed E-state index contributed by atoms with van der Waals surface area (Å²) < 4.78 is 17.1. The lowest BCUT2D eigenvalue weighted by atomic mass is 9.84. The van der Waals surface area contributed by atoms with Gasteiger partial charge in [-0.2, -0.15) is 0 Å². The minimum Gasteiger partial charge on any atom is -0.357 e. The zero-order valence-electron chi connectivity index (χ0n) is 14.9. The Morgan fingerprint density at radius 1 is 1.15 bits per heavy atom. The topological polar surface area (TPSA) is 34.0 Å². The maximum Gasteiger partial charge on any atom is 0.128 e. The highest BCUT2D eigenvalue weighted by atomic mass is 35.5. The molecule has 3 aliphatic rings. The highest BCUT2D eigenvalue weighted by molar-refractivity contribution is 6.30. The van der Waals surface area contributed by atoms with Gasteiger partial charge in [0.25, 0.3) is 0 Å². The number of imidazole rings is 1. The van der Waals surface area contributed by atoms with Gasteiger partial charge in [-0.05, 0) is 43.4 Å². The summed E-state index contributed by atoms with van der Waals surface area (Å²) in [7, 11) is 0. The molecule has 2 aromatic rings. The predicted molar refractivity (Wildman–Crippen MR) is 105 cm³/mol. The van der Waals surface area contributed by atoms with Crippen molar-refractivity contribution in [2.75, 3.05) is 18.0 Å². The maximum atomic E-state index is 14.9.